The van der Waals surface area contributed by atoms with E-state index in [0.717, 1.165) is 0 Å². The second-order valence-corrected chi connectivity index (χ2v) is 5.44. The Bertz CT molecular complexity index is 408. The normalized spacial score (nSPS) is 35.9. The van der Waals surface area contributed by atoms with Gasteiger partial charge in [-0.2, -0.15) is 0 Å². The van der Waals surface area contributed by atoms with Crippen molar-refractivity contribution in [1.29, 1.82) is 0 Å². The van der Waals surface area contributed by atoms with Gasteiger partial charge in [-0.05, 0) is 0 Å². The van der Waals surface area contributed by atoms with Gasteiger partial charge in [-0.25, -0.2) is 0 Å². The molecule has 0 aromatic rings. The highest BCUT2D eigenvalue weighted by atomic mass is 16.7. The Morgan fingerprint density at radius 3 is 2.17 bits per heavy atom. The van der Waals surface area contributed by atoms with Gasteiger partial charge in [0, 0.05) is 0 Å². The van der Waals surface area contributed by atoms with Crippen molar-refractivity contribution in [2.45, 2.75) is 55.1 Å². The van der Waals surface area contributed by atoms with Gasteiger partial charge in [0.05, 0.1) is 13.2 Å². The molecule has 12 nitrogen and oxygen atoms in total. The average molecular weight is 357 g/mol. The van der Waals surface area contributed by atoms with Gasteiger partial charge in [0.1, 0.15) is 48.8 Å². The van der Waals surface area contributed by atoms with E-state index in [-0.39, 0.29) is 0 Å². The second-order valence-electron chi connectivity index (χ2n) is 5.44. The first-order valence-corrected chi connectivity index (χ1v) is 7.06. The number of hydrogen-bond acceptors (Lipinski definition) is 11. The van der Waals surface area contributed by atoms with Gasteiger partial charge in [-0.15, -0.1) is 0 Å². The Morgan fingerprint density at radius 1 is 1.08 bits per heavy atom. The quantitative estimate of drug-likeness (QED) is 0.198. The number of carbonyl (C=O) groups is 1. The minimum Gasteiger partial charge on any atom is -0.480 e. The third-order valence-corrected chi connectivity index (χ3v) is 3.68. The molecule has 0 saturated carbocycles. The van der Waals surface area contributed by atoms with E-state index in [0.29, 0.717) is 0 Å². The van der Waals surface area contributed by atoms with Gasteiger partial charge in [0.15, 0.2) is 6.29 Å². The number of nitrogens with two attached hydrogens (primary N) is 1. The van der Waals surface area contributed by atoms with E-state index < -0.39 is 74.2 Å². The molecule has 1 heterocycles. The maximum Gasteiger partial charge on any atom is 0.323 e. The predicted octanol–water partition coefficient (Wildman–Crippen LogP) is -5.70. The first-order chi connectivity index (χ1) is 11.1. The van der Waals surface area contributed by atoms with Crippen LogP contribution in [-0.4, -0.2) is 115 Å². The van der Waals surface area contributed by atoms with Crippen molar-refractivity contribution in [1.82, 2.24) is 0 Å². The molecule has 10 N–H and O–H groups in total. The lowest BCUT2D eigenvalue weighted by atomic mass is 9.99. The lowest BCUT2D eigenvalue weighted by Crippen LogP contribution is -2.59. The first kappa shape index (κ1) is 21.1. The number of ether oxygens (including phenoxy) is 2. The summed E-state index contributed by atoms with van der Waals surface area (Å²) in [5, 5.41) is 75.3. The Hall–Kier alpha value is -0.930. The molecule has 0 aliphatic carbocycles. The number of hydrogen-bond donors (Lipinski definition) is 9. The molecular formula is C12H23NO11. The highest BCUT2D eigenvalue weighted by Gasteiger charge is 2.44. The van der Waals surface area contributed by atoms with Crippen molar-refractivity contribution in [2.75, 3.05) is 13.2 Å². The molecule has 1 fully saturated rings. The van der Waals surface area contributed by atoms with Crippen LogP contribution in [-0.2, 0) is 14.3 Å². The lowest BCUT2D eigenvalue weighted by molar-refractivity contribution is -0.306. The maximum absolute atomic E-state index is 10.6. The summed E-state index contributed by atoms with van der Waals surface area (Å²) in [5.74, 6) is -1.59. The monoisotopic (exact) mass is 357 g/mol. The van der Waals surface area contributed by atoms with Gasteiger partial charge in [0.2, 0.25) is 0 Å². The molecule has 1 saturated heterocycles. The maximum atomic E-state index is 10.6. The Morgan fingerprint density at radius 2 is 1.67 bits per heavy atom. The molecule has 0 radical (unpaired) electrons. The zero-order chi connectivity index (χ0) is 18.6. The highest BCUT2D eigenvalue weighted by Crippen LogP contribution is 2.22. The third kappa shape index (κ3) is 4.80. The van der Waals surface area contributed by atoms with Gasteiger partial charge in [-0.3, -0.25) is 4.79 Å². The van der Waals surface area contributed by atoms with Crippen LogP contribution in [0.15, 0.2) is 0 Å². The number of carboxylic acid groups (broad SMARTS) is 1. The van der Waals surface area contributed by atoms with E-state index in [2.05, 4.69) is 0 Å². The van der Waals surface area contributed by atoms with Crippen molar-refractivity contribution >= 4 is 5.97 Å². The van der Waals surface area contributed by atoms with Crippen LogP contribution in [0.5, 0.6) is 0 Å². The second kappa shape index (κ2) is 8.96. The van der Waals surface area contributed by atoms with Gasteiger partial charge < -0.3 is 56.1 Å². The number of aliphatic hydroxyl groups is 7. The molecule has 0 unspecified atom stereocenters. The zero-order valence-corrected chi connectivity index (χ0v) is 12.5. The van der Waals surface area contributed by atoms with E-state index >= 15 is 0 Å². The largest absolute Gasteiger partial charge is 0.480 e. The van der Waals surface area contributed by atoms with E-state index in [1.165, 1.54) is 0 Å². The molecule has 12 heteroatoms. The molecule has 1 aliphatic heterocycles. The highest BCUT2D eigenvalue weighted by molar-refractivity contribution is 5.74. The van der Waals surface area contributed by atoms with Crippen molar-refractivity contribution in [3.63, 3.8) is 0 Å². The Kier molecular flexibility index (Phi) is 7.88. The summed E-state index contributed by atoms with van der Waals surface area (Å²) in [4.78, 5) is 10.6. The number of aliphatic hydroxyl groups excluding tert-OH is 7. The van der Waals surface area contributed by atoms with Crippen LogP contribution in [0.25, 0.3) is 0 Å². The number of aliphatic carboxylic acids is 1. The van der Waals surface area contributed by atoms with Gasteiger partial charge in [0.25, 0.3) is 0 Å². The summed E-state index contributed by atoms with van der Waals surface area (Å²) in [6, 6.07) is -1.85. The topological polar surface area (TPSA) is 223 Å². The van der Waals surface area contributed by atoms with Gasteiger partial charge in [-0.1, -0.05) is 0 Å². The molecule has 0 bridgehead atoms. The van der Waals surface area contributed by atoms with Crippen molar-refractivity contribution in [3.05, 3.63) is 0 Å². The molecule has 24 heavy (non-hydrogen) atoms. The minimum atomic E-state index is -1.99. The van der Waals surface area contributed by atoms with E-state index in [9.17, 15) is 35.4 Å². The summed E-state index contributed by atoms with van der Waals surface area (Å²) < 4.78 is 9.96. The van der Waals surface area contributed by atoms with Crippen LogP contribution in [0.3, 0.4) is 0 Å². The summed E-state index contributed by atoms with van der Waals surface area (Å²) in [6.07, 6.45) is -13.5. The van der Waals surface area contributed by atoms with E-state index in [1.807, 2.05) is 0 Å². The lowest BCUT2D eigenvalue weighted by Gasteiger charge is -2.40. The van der Waals surface area contributed by atoms with Crippen LogP contribution in [0.1, 0.15) is 0 Å². The van der Waals surface area contributed by atoms with Gasteiger partial charge >= 0.3 is 5.97 Å². The molecule has 0 spiro atoms. The molecule has 142 valence electrons. The van der Waals surface area contributed by atoms with Crippen LogP contribution in [0.2, 0.25) is 0 Å². The summed E-state index contributed by atoms with van der Waals surface area (Å²) >= 11 is 0. The van der Waals surface area contributed by atoms with E-state index in [4.69, 9.17) is 25.4 Å². The number of carboxylic acids is 1. The van der Waals surface area contributed by atoms with Crippen LogP contribution in [0, 0.1) is 0 Å². The molecule has 9 atom stereocenters. The molecular weight excluding hydrogens is 334 g/mol. The van der Waals surface area contributed by atoms with E-state index in [1.54, 1.807) is 0 Å². The standard InChI is InChI=1S/C12H23NO11/c13-5(11(21)22)8(18)6(16)3(15)2-23-12-10(20)9(19)7(17)4(1-14)24-12/h3-10,12,14-20H,1-2,13H2,(H,21,22)/t3-,4-,5+,6-,7-,8-,9+,10-,12+/m1/s1. The fourth-order valence-electron chi connectivity index (χ4n) is 2.08. The van der Waals surface area contributed by atoms with Crippen LogP contribution < -0.4 is 5.73 Å². The Labute approximate surface area is 136 Å². The average Bonchev–Trinajstić information content (AvgIpc) is 2.56. The fourth-order valence-corrected chi connectivity index (χ4v) is 2.08. The summed E-state index contributed by atoms with van der Waals surface area (Å²) in [6.45, 7) is -1.41. The van der Waals surface area contributed by atoms with Crippen molar-refractivity contribution < 1.29 is 55.1 Å². The minimum absolute atomic E-state index is 0.678. The SMILES string of the molecule is N[C@H](C(=O)O)[C@@H](O)[C@H](O)[C@H](O)CO[C@H]1O[C@H](CO)[C@@H](O)[C@H](O)[C@H]1O. The number of rotatable bonds is 8. The molecule has 0 aromatic carbocycles. The fraction of sp³-hybridized carbons (Fsp3) is 0.917. The smallest absolute Gasteiger partial charge is 0.323 e. The molecule has 0 amide bonds. The summed E-state index contributed by atoms with van der Waals surface area (Å²) in [7, 11) is 0. The summed E-state index contributed by atoms with van der Waals surface area (Å²) in [5.41, 5.74) is 5.11. The third-order valence-electron chi connectivity index (χ3n) is 3.68. The zero-order valence-electron chi connectivity index (χ0n) is 12.5. The van der Waals surface area contributed by atoms with Crippen molar-refractivity contribution in [3.8, 4) is 0 Å². The molecule has 1 aliphatic rings. The Balaban J connectivity index is 2.59. The van der Waals surface area contributed by atoms with Crippen LogP contribution in [0.4, 0.5) is 0 Å². The molecule has 1 rings (SSSR count). The molecule has 0 aromatic heterocycles. The predicted molar refractivity (Wildman–Crippen MR) is 73.4 cm³/mol. The van der Waals surface area contributed by atoms with Crippen molar-refractivity contribution in [2.24, 2.45) is 5.73 Å². The van der Waals surface area contributed by atoms with Crippen LogP contribution >= 0.6 is 0 Å². The first-order valence-electron chi connectivity index (χ1n) is 7.06.